The van der Waals surface area contributed by atoms with E-state index in [2.05, 4.69) is 5.32 Å². The largest absolute Gasteiger partial charge is 0.494 e. The molecule has 0 radical (unpaired) electrons. The fourth-order valence-electron chi connectivity index (χ4n) is 3.47. The number of esters is 1. The van der Waals surface area contributed by atoms with Crippen LogP contribution in [-0.4, -0.2) is 29.7 Å². The molecule has 0 unspecified atom stereocenters. The Hall–Kier alpha value is -3.28. The molecule has 0 atom stereocenters. The van der Waals surface area contributed by atoms with E-state index in [0.717, 1.165) is 22.2 Å². The standard InChI is InChI=1S/C23H26N2O4/c1-5-25-20-13-12-18(28-6-2)14-19(20)15(4)21(25)22(26)24-17-10-8-16(9-11-17)23(27)29-7-3/h8-14H,5-7H2,1-4H3,(H,24,26). The number of ether oxygens (including phenoxy) is 2. The number of aromatic nitrogens is 1. The summed E-state index contributed by atoms with van der Waals surface area (Å²) in [6, 6.07) is 12.6. The number of nitrogens with zero attached hydrogens (tertiary/aromatic N) is 1. The highest BCUT2D eigenvalue weighted by molar-refractivity contribution is 6.08. The predicted molar refractivity (Wildman–Crippen MR) is 114 cm³/mol. The second-order valence-corrected chi connectivity index (χ2v) is 6.58. The van der Waals surface area contributed by atoms with E-state index in [4.69, 9.17) is 9.47 Å². The molecule has 1 aromatic heterocycles. The van der Waals surface area contributed by atoms with E-state index in [9.17, 15) is 9.59 Å². The van der Waals surface area contributed by atoms with Gasteiger partial charge in [-0.15, -0.1) is 0 Å². The lowest BCUT2D eigenvalue weighted by Crippen LogP contribution is -2.18. The van der Waals surface area contributed by atoms with Gasteiger partial charge in [0.05, 0.1) is 18.8 Å². The predicted octanol–water partition coefficient (Wildman–Crippen LogP) is 4.80. The summed E-state index contributed by atoms with van der Waals surface area (Å²) in [5.41, 5.74) is 3.59. The number of aryl methyl sites for hydroxylation is 2. The maximum atomic E-state index is 13.1. The van der Waals surface area contributed by atoms with Crippen LogP contribution in [0.5, 0.6) is 5.75 Å². The van der Waals surface area contributed by atoms with Crippen LogP contribution in [0, 0.1) is 6.92 Å². The van der Waals surface area contributed by atoms with Crippen molar-refractivity contribution in [1.29, 1.82) is 0 Å². The lowest BCUT2D eigenvalue weighted by Gasteiger charge is -2.10. The number of rotatable bonds is 7. The molecule has 3 aromatic rings. The van der Waals surface area contributed by atoms with Crippen LogP contribution < -0.4 is 10.1 Å². The molecule has 0 saturated carbocycles. The molecule has 0 fully saturated rings. The summed E-state index contributed by atoms with van der Waals surface area (Å²) >= 11 is 0. The maximum absolute atomic E-state index is 13.1. The fourth-order valence-corrected chi connectivity index (χ4v) is 3.47. The highest BCUT2D eigenvalue weighted by Crippen LogP contribution is 2.30. The van der Waals surface area contributed by atoms with Gasteiger partial charge in [-0.1, -0.05) is 0 Å². The first kappa shape index (κ1) is 20.5. The Bertz CT molecular complexity index is 1040. The molecule has 2 aromatic carbocycles. The Kier molecular flexibility index (Phi) is 6.22. The first-order valence-corrected chi connectivity index (χ1v) is 9.84. The number of hydrogen-bond acceptors (Lipinski definition) is 4. The Morgan fingerprint density at radius 3 is 2.34 bits per heavy atom. The van der Waals surface area contributed by atoms with Gasteiger partial charge in [0, 0.05) is 23.1 Å². The maximum Gasteiger partial charge on any atom is 0.338 e. The van der Waals surface area contributed by atoms with Crippen LogP contribution in [-0.2, 0) is 11.3 Å². The Morgan fingerprint density at radius 1 is 1.00 bits per heavy atom. The van der Waals surface area contributed by atoms with E-state index in [1.165, 1.54) is 0 Å². The van der Waals surface area contributed by atoms with Gasteiger partial charge in [0.2, 0.25) is 0 Å². The van der Waals surface area contributed by atoms with E-state index in [-0.39, 0.29) is 11.9 Å². The van der Waals surface area contributed by atoms with Crippen molar-refractivity contribution < 1.29 is 19.1 Å². The van der Waals surface area contributed by atoms with E-state index < -0.39 is 0 Å². The zero-order valence-corrected chi connectivity index (χ0v) is 17.2. The minimum absolute atomic E-state index is 0.192. The molecule has 0 bridgehead atoms. The molecule has 0 aliphatic rings. The van der Waals surface area contributed by atoms with Gasteiger partial charge in [-0.3, -0.25) is 4.79 Å². The number of fused-ring (bicyclic) bond motifs is 1. The van der Waals surface area contributed by atoms with Crippen molar-refractivity contribution in [1.82, 2.24) is 4.57 Å². The van der Waals surface area contributed by atoms with Crippen LogP contribution in [0.1, 0.15) is 47.2 Å². The molecule has 1 amide bonds. The highest BCUT2D eigenvalue weighted by Gasteiger charge is 2.20. The molecule has 3 rings (SSSR count). The lowest BCUT2D eigenvalue weighted by molar-refractivity contribution is 0.0526. The van der Waals surface area contributed by atoms with Crippen molar-refractivity contribution in [3.8, 4) is 5.75 Å². The lowest BCUT2D eigenvalue weighted by atomic mass is 10.1. The molecule has 1 heterocycles. The summed E-state index contributed by atoms with van der Waals surface area (Å²) in [6.45, 7) is 9.25. The van der Waals surface area contributed by atoms with E-state index in [1.807, 2.05) is 43.5 Å². The smallest absolute Gasteiger partial charge is 0.338 e. The molecule has 29 heavy (non-hydrogen) atoms. The third kappa shape index (κ3) is 4.11. The number of amides is 1. The van der Waals surface area contributed by atoms with Crippen molar-refractivity contribution in [2.24, 2.45) is 0 Å². The summed E-state index contributed by atoms with van der Waals surface area (Å²) in [6.07, 6.45) is 0. The zero-order valence-electron chi connectivity index (χ0n) is 17.2. The Morgan fingerprint density at radius 2 is 1.72 bits per heavy atom. The van der Waals surface area contributed by atoms with E-state index in [0.29, 0.717) is 36.7 Å². The summed E-state index contributed by atoms with van der Waals surface area (Å²) < 4.78 is 12.6. The number of nitrogens with one attached hydrogen (secondary N) is 1. The average Bonchev–Trinajstić information content (AvgIpc) is 3.00. The van der Waals surface area contributed by atoms with Gasteiger partial charge in [-0.2, -0.15) is 0 Å². The SMILES string of the molecule is CCOC(=O)c1ccc(NC(=O)c2c(C)c3cc(OCC)ccc3n2CC)cc1. The van der Waals surface area contributed by atoms with Crippen LogP contribution in [0.25, 0.3) is 10.9 Å². The number of anilines is 1. The minimum Gasteiger partial charge on any atom is -0.494 e. The molecule has 1 N–H and O–H groups in total. The molecular weight excluding hydrogens is 368 g/mol. The third-order valence-electron chi connectivity index (χ3n) is 4.78. The van der Waals surface area contributed by atoms with Crippen molar-refractivity contribution in [2.75, 3.05) is 18.5 Å². The van der Waals surface area contributed by atoms with Gasteiger partial charge in [0.1, 0.15) is 11.4 Å². The first-order valence-electron chi connectivity index (χ1n) is 9.84. The van der Waals surface area contributed by atoms with E-state index in [1.54, 1.807) is 31.2 Å². The van der Waals surface area contributed by atoms with Crippen LogP contribution in [0.3, 0.4) is 0 Å². The molecular formula is C23H26N2O4. The highest BCUT2D eigenvalue weighted by atomic mass is 16.5. The van der Waals surface area contributed by atoms with E-state index >= 15 is 0 Å². The van der Waals surface area contributed by atoms with Crippen molar-refractivity contribution in [3.63, 3.8) is 0 Å². The first-order chi connectivity index (χ1) is 14.0. The number of carbonyl (C=O) groups excluding carboxylic acids is 2. The third-order valence-corrected chi connectivity index (χ3v) is 4.78. The molecule has 0 spiro atoms. The quantitative estimate of drug-likeness (QED) is 0.585. The number of carbonyl (C=O) groups is 2. The van der Waals surface area contributed by atoms with Gasteiger partial charge < -0.3 is 19.4 Å². The second kappa shape index (κ2) is 8.82. The molecule has 0 saturated heterocycles. The summed E-state index contributed by atoms with van der Waals surface area (Å²) in [4.78, 5) is 24.8. The average molecular weight is 394 g/mol. The van der Waals surface area contributed by atoms with Crippen LogP contribution in [0.15, 0.2) is 42.5 Å². The normalized spacial score (nSPS) is 10.8. The Balaban J connectivity index is 1.90. The molecule has 0 aliphatic heterocycles. The Labute approximate surface area is 170 Å². The van der Waals surface area contributed by atoms with Gasteiger partial charge >= 0.3 is 5.97 Å². The summed E-state index contributed by atoms with van der Waals surface area (Å²) in [5.74, 6) is 0.220. The zero-order chi connectivity index (χ0) is 21.0. The second-order valence-electron chi connectivity index (χ2n) is 6.58. The minimum atomic E-state index is -0.377. The summed E-state index contributed by atoms with van der Waals surface area (Å²) in [5, 5.41) is 3.93. The van der Waals surface area contributed by atoms with Crippen molar-refractivity contribution in [3.05, 3.63) is 59.3 Å². The fraction of sp³-hybridized carbons (Fsp3) is 0.304. The van der Waals surface area contributed by atoms with Gasteiger partial charge in [0.15, 0.2) is 0 Å². The van der Waals surface area contributed by atoms with Crippen molar-refractivity contribution in [2.45, 2.75) is 34.2 Å². The molecule has 6 nitrogen and oxygen atoms in total. The molecule has 152 valence electrons. The van der Waals surface area contributed by atoms with Crippen molar-refractivity contribution >= 4 is 28.5 Å². The monoisotopic (exact) mass is 394 g/mol. The van der Waals surface area contributed by atoms with Crippen LogP contribution in [0.4, 0.5) is 5.69 Å². The number of benzene rings is 2. The van der Waals surface area contributed by atoms with Gasteiger partial charge in [-0.25, -0.2) is 4.79 Å². The number of hydrogen-bond donors (Lipinski definition) is 1. The molecule has 0 aliphatic carbocycles. The summed E-state index contributed by atoms with van der Waals surface area (Å²) in [7, 11) is 0. The van der Waals surface area contributed by atoms with Gasteiger partial charge in [-0.05, 0) is 75.7 Å². The van der Waals surface area contributed by atoms with Gasteiger partial charge in [0.25, 0.3) is 5.91 Å². The topological polar surface area (TPSA) is 69.6 Å². The van der Waals surface area contributed by atoms with Crippen LogP contribution in [0.2, 0.25) is 0 Å². The molecule has 6 heteroatoms. The van der Waals surface area contributed by atoms with Crippen LogP contribution >= 0.6 is 0 Å².